The first-order valence-electron chi connectivity index (χ1n) is 6.25. The Bertz CT molecular complexity index is 476. The number of nitrogens with two attached hydrogens (primary N) is 1. The molecule has 0 amide bonds. The lowest BCUT2D eigenvalue weighted by Crippen LogP contribution is -2.26. The molecule has 1 aromatic rings. The van der Waals surface area contributed by atoms with Crippen LogP contribution in [0.4, 0.5) is 0 Å². The molecule has 2 atom stereocenters. The normalized spacial score (nSPS) is 13.5. The van der Waals surface area contributed by atoms with Crippen molar-refractivity contribution in [3.05, 3.63) is 22.7 Å². The molecule has 112 valence electrons. The van der Waals surface area contributed by atoms with Gasteiger partial charge in [0.05, 0.1) is 14.2 Å². The van der Waals surface area contributed by atoms with Crippen LogP contribution in [0.1, 0.15) is 19.4 Å². The highest BCUT2D eigenvalue weighted by Gasteiger charge is 2.21. The van der Waals surface area contributed by atoms with E-state index < -0.39 is 12.1 Å². The second-order valence-corrected chi connectivity index (χ2v) is 5.00. The van der Waals surface area contributed by atoms with Gasteiger partial charge in [-0.3, -0.25) is 0 Å². The summed E-state index contributed by atoms with van der Waals surface area (Å²) in [6.45, 7) is 3.48. The second-order valence-electron chi connectivity index (χ2n) is 4.56. The quantitative estimate of drug-likeness (QED) is 0.816. The maximum Gasteiger partial charge on any atom is 0.346 e. The Labute approximate surface area is 123 Å². The number of hydrogen-bond acceptors (Lipinski definition) is 5. The number of carbonyl (C=O) groups excluding carboxylic acids is 1. The van der Waals surface area contributed by atoms with Crippen LogP contribution in [0, 0.1) is 0 Å². The van der Waals surface area contributed by atoms with E-state index in [4.69, 9.17) is 26.8 Å². The summed E-state index contributed by atoms with van der Waals surface area (Å²) >= 11 is 6.04. The summed E-state index contributed by atoms with van der Waals surface area (Å²) in [6.07, 6.45) is -0.193. The van der Waals surface area contributed by atoms with Crippen LogP contribution in [0.2, 0.25) is 5.02 Å². The number of methoxy groups -OCH3 is 2. The first-order valence-corrected chi connectivity index (χ1v) is 6.63. The molecule has 0 aliphatic carbocycles. The molecule has 0 heterocycles. The van der Waals surface area contributed by atoms with E-state index in [9.17, 15) is 4.79 Å². The number of hydrogen-bond donors (Lipinski definition) is 1. The zero-order valence-corrected chi connectivity index (χ0v) is 12.9. The zero-order valence-electron chi connectivity index (χ0n) is 12.1. The van der Waals surface area contributed by atoms with Gasteiger partial charge in [-0.2, -0.15) is 0 Å². The molecule has 0 bridgehead atoms. The highest BCUT2D eigenvalue weighted by Crippen LogP contribution is 2.36. The molecule has 0 aliphatic heterocycles. The van der Waals surface area contributed by atoms with Gasteiger partial charge in [-0.05, 0) is 26.3 Å². The van der Waals surface area contributed by atoms with Crippen molar-refractivity contribution in [2.75, 3.05) is 14.2 Å². The van der Waals surface area contributed by atoms with Gasteiger partial charge < -0.3 is 19.9 Å². The largest absolute Gasteiger partial charge is 0.493 e. The van der Waals surface area contributed by atoms with Crippen LogP contribution in [-0.2, 0) is 16.0 Å². The number of halogens is 1. The van der Waals surface area contributed by atoms with Gasteiger partial charge in [0.1, 0.15) is 0 Å². The lowest BCUT2D eigenvalue weighted by atomic mass is 10.1. The van der Waals surface area contributed by atoms with Gasteiger partial charge in [0.25, 0.3) is 0 Å². The average Bonchev–Trinajstić information content (AvgIpc) is 2.39. The summed E-state index contributed by atoms with van der Waals surface area (Å²) in [7, 11) is 2.82. The van der Waals surface area contributed by atoms with Gasteiger partial charge in [0.15, 0.2) is 17.6 Å². The Morgan fingerprint density at radius 1 is 1.35 bits per heavy atom. The zero-order chi connectivity index (χ0) is 15.3. The Morgan fingerprint density at radius 3 is 2.50 bits per heavy atom. The summed E-state index contributed by atoms with van der Waals surface area (Å²) < 4.78 is 15.6. The van der Waals surface area contributed by atoms with Crippen molar-refractivity contribution in [2.45, 2.75) is 32.4 Å². The topological polar surface area (TPSA) is 70.8 Å². The fourth-order valence-electron chi connectivity index (χ4n) is 1.80. The monoisotopic (exact) mass is 301 g/mol. The van der Waals surface area contributed by atoms with Crippen molar-refractivity contribution >= 4 is 17.6 Å². The standard InChI is InChI=1S/C14H20ClNO4/c1-8(16)5-10-6-11(15)7-12(18-3)13(10)20-9(2)14(17)19-4/h6-9H,5,16H2,1-4H3. The van der Waals surface area contributed by atoms with E-state index in [0.29, 0.717) is 22.9 Å². The van der Waals surface area contributed by atoms with Crippen molar-refractivity contribution in [3.63, 3.8) is 0 Å². The molecular formula is C14H20ClNO4. The molecule has 0 aliphatic rings. The Hall–Kier alpha value is -1.46. The van der Waals surface area contributed by atoms with Crippen molar-refractivity contribution in [1.82, 2.24) is 0 Å². The Kier molecular flexibility index (Phi) is 6.10. The van der Waals surface area contributed by atoms with Crippen LogP contribution in [0.15, 0.2) is 12.1 Å². The minimum atomic E-state index is -0.748. The minimum absolute atomic E-state index is 0.0750. The van der Waals surface area contributed by atoms with Gasteiger partial charge in [0.2, 0.25) is 0 Å². The Balaban J connectivity index is 3.16. The molecule has 2 unspecified atom stereocenters. The summed E-state index contributed by atoms with van der Waals surface area (Å²) in [5, 5.41) is 0.524. The van der Waals surface area contributed by atoms with Crippen LogP contribution < -0.4 is 15.2 Å². The highest BCUT2D eigenvalue weighted by atomic mass is 35.5. The molecule has 0 saturated carbocycles. The molecule has 0 fully saturated rings. The van der Waals surface area contributed by atoms with Gasteiger partial charge in [-0.1, -0.05) is 11.6 Å². The fraction of sp³-hybridized carbons (Fsp3) is 0.500. The number of ether oxygens (including phenoxy) is 3. The maximum absolute atomic E-state index is 11.5. The molecule has 1 rings (SSSR count). The van der Waals surface area contributed by atoms with Gasteiger partial charge in [0, 0.05) is 22.7 Å². The summed E-state index contributed by atoms with van der Waals surface area (Å²) in [4.78, 5) is 11.5. The third kappa shape index (κ3) is 4.28. The summed E-state index contributed by atoms with van der Waals surface area (Å²) in [6, 6.07) is 3.31. The first-order chi connectivity index (χ1) is 9.38. The third-order valence-corrected chi connectivity index (χ3v) is 2.90. The average molecular weight is 302 g/mol. The Morgan fingerprint density at radius 2 is 2.00 bits per heavy atom. The third-order valence-electron chi connectivity index (χ3n) is 2.69. The fourth-order valence-corrected chi connectivity index (χ4v) is 2.03. The number of esters is 1. The predicted octanol–water partition coefficient (Wildman–Crippen LogP) is 2.18. The smallest absolute Gasteiger partial charge is 0.346 e. The van der Waals surface area contributed by atoms with E-state index in [-0.39, 0.29) is 6.04 Å². The van der Waals surface area contributed by atoms with Gasteiger partial charge in [-0.15, -0.1) is 0 Å². The molecule has 5 nitrogen and oxygen atoms in total. The van der Waals surface area contributed by atoms with Gasteiger partial charge >= 0.3 is 5.97 Å². The maximum atomic E-state index is 11.5. The van der Waals surface area contributed by atoms with Crippen LogP contribution >= 0.6 is 11.6 Å². The molecule has 0 saturated heterocycles. The molecular weight excluding hydrogens is 282 g/mol. The lowest BCUT2D eigenvalue weighted by Gasteiger charge is -2.19. The van der Waals surface area contributed by atoms with E-state index in [2.05, 4.69) is 4.74 Å². The van der Waals surface area contributed by atoms with Crippen molar-refractivity contribution in [2.24, 2.45) is 5.73 Å². The lowest BCUT2D eigenvalue weighted by molar-refractivity contribution is -0.147. The van der Waals surface area contributed by atoms with Crippen molar-refractivity contribution in [1.29, 1.82) is 0 Å². The van der Waals surface area contributed by atoms with E-state index in [0.717, 1.165) is 5.56 Å². The van der Waals surface area contributed by atoms with Crippen LogP contribution in [0.25, 0.3) is 0 Å². The predicted molar refractivity (Wildman–Crippen MR) is 77.5 cm³/mol. The summed E-state index contributed by atoms with van der Waals surface area (Å²) in [5.41, 5.74) is 6.61. The van der Waals surface area contributed by atoms with Gasteiger partial charge in [-0.25, -0.2) is 4.79 Å². The number of carbonyl (C=O) groups is 1. The van der Waals surface area contributed by atoms with Crippen molar-refractivity contribution in [3.8, 4) is 11.5 Å². The van der Waals surface area contributed by atoms with Crippen LogP contribution in [0.5, 0.6) is 11.5 Å². The molecule has 1 aromatic carbocycles. The molecule has 0 spiro atoms. The molecule has 0 radical (unpaired) electrons. The molecule has 6 heteroatoms. The van der Waals surface area contributed by atoms with E-state index in [1.165, 1.54) is 14.2 Å². The van der Waals surface area contributed by atoms with E-state index in [1.807, 2.05) is 6.92 Å². The number of rotatable bonds is 6. The molecule has 20 heavy (non-hydrogen) atoms. The SMILES string of the molecule is COC(=O)C(C)Oc1c(CC(C)N)cc(Cl)cc1OC. The summed E-state index contributed by atoms with van der Waals surface area (Å²) in [5.74, 6) is 0.463. The molecule has 2 N–H and O–H groups in total. The van der Waals surface area contributed by atoms with E-state index in [1.54, 1.807) is 19.1 Å². The van der Waals surface area contributed by atoms with Crippen LogP contribution in [-0.4, -0.2) is 32.3 Å². The van der Waals surface area contributed by atoms with Crippen molar-refractivity contribution < 1.29 is 19.0 Å². The first kappa shape index (κ1) is 16.6. The highest BCUT2D eigenvalue weighted by molar-refractivity contribution is 6.30. The second kappa shape index (κ2) is 7.36. The molecule has 0 aromatic heterocycles. The van der Waals surface area contributed by atoms with E-state index >= 15 is 0 Å². The van der Waals surface area contributed by atoms with Crippen LogP contribution in [0.3, 0.4) is 0 Å². The minimum Gasteiger partial charge on any atom is -0.493 e. The number of benzene rings is 1.